The summed E-state index contributed by atoms with van der Waals surface area (Å²) in [6.07, 6.45) is 1.80. The second-order valence-electron chi connectivity index (χ2n) is 4.64. The third-order valence-corrected chi connectivity index (χ3v) is 3.02. The Hall–Kier alpha value is -1.20. The lowest BCUT2D eigenvalue weighted by atomic mass is 10.2. The van der Waals surface area contributed by atoms with E-state index in [1.807, 2.05) is 28.9 Å². The number of rotatable bonds is 5. The normalized spacial score (nSPS) is 11.1. The summed E-state index contributed by atoms with van der Waals surface area (Å²) in [7, 11) is 0. The molecule has 0 spiro atoms. The average molecular weight is 309 g/mol. The maximum Gasteiger partial charge on any atom is 0.0783 e. The van der Waals surface area contributed by atoms with E-state index in [0.717, 1.165) is 28.9 Å². The molecule has 0 bridgehead atoms. The van der Waals surface area contributed by atoms with E-state index in [-0.39, 0.29) is 0 Å². The Morgan fingerprint density at radius 3 is 2.94 bits per heavy atom. The maximum atomic E-state index is 4.13. The molecule has 1 N–H and O–H groups in total. The molecule has 1 heterocycles. The topological polar surface area (TPSA) is 42.7 Å². The Labute approximate surface area is 116 Å². The van der Waals surface area contributed by atoms with Crippen molar-refractivity contribution < 1.29 is 0 Å². The minimum Gasteiger partial charge on any atom is -0.311 e. The summed E-state index contributed by atoms with van der Waals surface area (Å²) in [5, 5.41) is 11.5. The summed E-state index contributed by atoms with van der Waals surface area (Å²) in [5.74, 6) is 0.639. The Bertz CT molecular complexity index is 507. The SMILES string of the molecule is CC(C)CNCc1cnnn1-c1cccc(Br)c1. The number of nitrogens with zero attached hydrogens (tertiary/aromatic N) is 3. The summed E-state index contributed by atoms with van der Waals surface area (Å²) in [4.78, 5) is 0. The third-order valence-electron chi connectivity index (χ3n) is 2.53. The zero-order chi connectivity index (χ0) is 13.0. The number of hydrogen-bond acceptors (Lipinski definition) is 3. The van der Waals surface area contributed by atoms with Gasteiger partial charge in [-0.2, -0.15) is 0 Å². The molecule has 1 aromatic heterocycles. The van der Waals surface area contributed by atoms with Crippen molar-refractivity contribution in [1.29, 1.82) is 0 Å². The summed E-state index contributed by atoms with van der Waals surface area (Å²) >= 11 is 3.47. The van der Waals surface area contributed by atoms with Gasteiger partial charge in [0.1, 0.15) is 0 Å². The van der Waals surface area contributed by atoms with Crippen molar-refractivity contribution in [2.45, 2.75) is 20.4 Å². The molecule has 0 aliphatic heterocycles. The molecule has 2 aromatic rings. The van der Waals surface area contributed by atoms with Gasteiger partial charge in [0.15, 0.2) is 0 Å². The third kappa shape index (κ3) is 3.40. The van der Waals surface area contributed by atoms with Crippen molar-refractivity contribution in [2.24, 2.45) is 5.92 Å². The molecule has 0 atom stereocenters. The van der Waals surface area contributed by atoms with E-state index in [0.29, 0.717) is 5.92 Å². The molecule has 0 fully saturated rings. The molecule has 96 valence electrons. The summed E-state index contributed by atoms with van der Waals surface area (Å²) in [6.45, 7) is 6.15. The lowest BCUT2D eigenvalue weighted by Gasteiger charge is -2.09. The smallest absolute Gasteiger partial charge is 0.0783 e. The van der Waals surface area contributed by atoms with Gasteiger partial charge in [0.25, 0.3) is 0 Å². The number of nitrogens with one attached hydrogen (secondary N) is 1. The van der Waals surface area contributed by atoms with Gasteiger partial charge in [0, 0.05) is 11.0 Å². The summed E-state index contributed by atoms with van der Waals surface area (Å²) < 4.78 is 2.90. The van der Waals surface area contributed by atoms with Crippen LogP contribution < -0.4 is 5.32 Å². The molecule has 5 heteroatoms. The first kappa shape index (κ1) is 13.2. The van der Waals surface area contributed by atoms with Crippen molar-refractivity contribution in [3.8, 4) is 5.69 Å². The molecule has 0 radical (unpaired) electrons. The zero-order valence-electron chi connectivity index (χ0n) is 10.6. The van der Waals surface area contributed by atoms with Gasteiger partial charge in [-0.1, -0.05) is 41.1 Å². The standard InChI is InChI=1S/C13H17BrN4/c1-10(2)7-15-8-13-9-16-17-18(13)12-5-3-4-11(14)6-12/h3-6,9-10,15H,7-8H2,1-2H3. The van der Waals surface area contributed by atoms with Crippen molar-refractivity contribution in [2.75, 3.05) is 6.54 Å². The number of hydrogen-bond donors (Lipinski definition) is 1. The lowest BCUT2D eigenvalue weighted by Crippen LogP contribution is -2.20. The van der Waals surface area contributed by atoms with E-state index in [9.17, 15) is 0 Å². The van der Waals surface area contributed by atoms with Crippen LogP contribution in [0.3, 0.4) is 0 Å². The Morgan fingerprint density at radius 2 is 2.22 bits per heavy atom. The molecular weight excluding hydrogens is 292 g/mol. The molecule has 1 aromatic carbocycles. The fourth-order valence-electron chi connectivity index (χ4n) is 1.69. The average Bonchev–Trinajstić information content (AvgIpc) is 2.77. The van der Waals surface area contributed by atoms with Crippen LogP contribution in [0.1, 0.15) is 19.5 Å². The van der Waals surface area contributed by atoms with Crippen LogP contribution in [-0.4, -0.2) is 21.5 Å². The van der Waals surface area contributed by atoms with Crippen molar-refractivity contribution in [3.05, 3.63) is 40.6 Å². The van der Waals surface area contributed by atoms with Gasteiger partial charge in [0.05, 0.1) is 17.6 Å². The van der Waals surface area contributed by atoms with Gasteiger partial charge in [-0.15, -0.1) is 5.10 Å². The highest BCUT2D eigenvalue weighted by atomic mass is 79.9. The van der Waals surface area contributed by atoms with Gasteiger partial charge in [0.2, 0.25) is 0 Å². The van der Waals surface area contributed by atoms with Crippen LogP contribution in [0.15, 0.2) is 34.9 Å². The van der Waals surface area contributed by atoms with Crippen LogP contribution >= 0.6 is 15.9 Å². The van der Waals surface area contributed by atoms with Crippen LogP contribution in [0.4, 0.5) is 0 Å². The van der Waals surface area contributed by atoms with Crippen molar-refractivity contribution >= 4 is 15.9 Å². The van der Waals surface area contributed by atoms with Crippen LogP contribution in [0.5, 0.6) is 0 Å². The first-order valence-electron chi connectivity index (χ1n) is 6.03. The molecular formula is C13H17BrN4. The highest BCUT2D eigenvalue weighted by Gasteiger charge is 2.06. The summed E-state index contributed by atoms with van der Waals surface area (Å²) in [5.41, 5.74) is 2.08. The molecule has 0 amide bonds. The largest absolute Gasteiger partial charge is 0.311 e. The van der Waals surface area contributed by atoms with Gasteiger partial charge >= 0.3 is 0 Å². The minimum atomic E-state index is 0.639. The van der Waals surface area contributed by atoms with E-state index >= 15 is 0 Å². The van der Waals surface area contributed by atoms with Crippen molar-refractivity contribution in [1.82, 2.24) is 20.3 Å². The van der Waals surface area contributed by atoms with E-state index in [2.05, 4.69) is 45.4 Å². The minimum absolute atomic E-state index is 0.639. The molecule has 0 saturated carbocycles. The second-order valence-corrected chi connectivity index (χ2v) is 5.56. The number of aromatic nitrogens is 3. The van der Waals surface area contributed by atoms with E-state index in [1.54, 1.807) is 6.20 Å². The predicted octanol–water partition coefficient (Wildman–Crippen LogP) is 2.78. The molecule has 2 rings (SSSR count). The first-order valence-corrected chi connectivity index (χ1v) is 6.82. The van der Waals surface area contributed by atoms with Crippen molar-refractivity contribution in [3.63, 3.8) is 0 Å². The second kappa shape index (κ2) is 6.11. The van der Waals surface area contributed by atoms with E-state index < -0.39 is 0 Å². The summed E-state index contributed by atoms with van der Waals surface area (Å²) in [6, 6.07) is 8.04. The Kier molecular flexibility index (Phi) is 4.49. The van der Waals surface area contributed by atoms with E-state index in [4.69, 9.17) is 0 Å². The molecule has 18 heavy (non-hydrogen) atoms. The highest BCUT2D eigenvalue weighted by Crippen LogP contribution is 2.15. The van der Waals surface area contributed by atoms with Gasteiger partial charge in [-0.3, -0.25) is 0 Å². The quantitative estimate of drug-likeness (QED) is 0.923. The fourth-order valence-corrected chi connectivity index (χ4v) is 2.08. The maximum absolute atomic E-state index is 4.13. The first-order chi connectivity index (χ1) is 8.66. The van der Waals surface area contributed by atoms with Crippen LogP contribution in [0, 0.1) is 5.92 Å². The van der Waals surface area contributed by atoms with Gasteiger partial charge in [-0.25, -0.2) is 4.68 Å². The monoisotopic (exact) mass is 308 g/mol. The number of halogens is 1. The Morgan fingerprint density at radius 1 is 1.39 bits per heavy atom. The predicted molar refractivity (Wildman–Crippen MR) is 75.6 cm³/mol. The molecule has 0 aliphatic carbocycles. The Balaban J connectivity index is 2.12. The highest BCUT2D eigenvalue weighted by molar-refractivity contribution is 9.10. The van der Waals surface area contributed by atoms with Crippen LogP contribution in [-0.2, 0) is 6.54 Å². The molecule has 4 nitrogen and oxygen atoms in total. The molecule has 0 unspecified atom stereocenters. The van der Waals surface area contributed by atoms with Gasteiger partial charge in [-0.05, 0) is 30.7 Å². The van der Waals surface area contributed by atoms with E-state index in [1.165, 1.54) is 0 Å². The molecule has 0 aliphatic rings. The molecule has 0 saturated heterocycles. The zero-order valence-corrected chi connectivity index (χ0v) is 12.2. The lowest BCUT2D eigenvalue weighted by molar-refractivity contribution is 0.542. The van der Waals surface area contributed by atoms with Gasteiger partial charge < -0.3 is 5.32 Å². The number of benzene rings is 1. The van der Waals surface area contributed by atoms with Crippen LogP contribution in [0.2, 0.25) is 0 Å². The van der Waals surface area contributed by atoms with Crippen LogP contribution in [0.25, 0.3) is 5.69 Å². The fraction of sp³-hybridized carbons (Fsp3) is 0.385.